The normalized spacial score (nSPS) is 20.8. The Hall–Kier alpha value is -1.01. The predicted octanol–water partition coefficient (Wildman–Crippen LogP) is 4.62. The molecule has 1 aliphatic carbocycles. The summed E-state index contributed by atoms with van der Waals surface area (Å²) in [6.07, 6.45) is 6.31. The van der Waals surface area contributed by atoms with Crippen LogP contribution in [0.5, 0.6) is 0 Å². The predicted molar refractivity (Wildman–Crippen MR) is 66.8 cm³/mol. The average Bonchev–Trinajstić information content (AvgIpc) is 2.30. The molecule has 0 bridgehead atoms. The van der Waals surface area contributed by atoms with Gasteiger partial charge in [0.25, 0.3) is 0 Å². The Kier molecular flexibility index (Phi) is 3.27. The van der Waals surface area contributed by atoms with Crippen LogP contribution in [0, 0.1) is 5.92 Å². The Labute approximate surface area is 96.3 Å². The van der Waals surface area contributed by atoms with E-state index in [2.05, 4.69) is 43.3 Å². The molecule has 1 aromatic carbocycles. The van der Waals surface area contributed by atoms with Gasteiger partial charge in [-0.1, -0.05) is 54.9 Å². The van der Waals surface area contributed by atoms with Gasteiger partial charge in [-0.2, -0.15) is 0 Å². The van der Waals surface area contributed by atoms with Crippen LogP contribution >= 0.6 is 11.6 Å². The molecule has 2 rings (SSSR count). The third-order valence-corrected chi connectivity index (χ3v) is 3.21. The Balaban J connectivity index is 2.35. The number of rotatable bonds is 2. The van der Waals surface area contributed by atoms with Crippen molar-refractivity contribution in [2.75, 3.05) is 0 Å². The fourth-order valence-corrected chi connectivity index (χ4v) is 2.31. The highest BCUT2D eigenvalue weighted by Crippen LogP contribution is 2.35. The summed E-state index contributed by atoms with van der Waals surface area (Å²) in [5, 5.41) is 0.974. The zero-order chi connectivity index (χ0) is 10.7. The summed E-state index contributed by atoms with van der Waals surface area (Å²) in [5.74, 6) is 0.574. The topological polar surface area (TPSA) is 0 Å². The first kappa shape index (κ1) is 10.5. The lowest BCUT2D eigenvalue weighted by atomic mass is 9.85. The number of allylic oxidation sites excluding steroid dienone is 4. The average molecular weight is 219 g/mol. The van der Waals surface area contributed by atoms with Crippen molar-refractivity contribution in [3.8, 4) is 0 Å². The van der Waals surface area contributed by atoms with Crippen LogP contribution in [0.4, 0.5) is 0 Å². The van der Waals surface area contributed by atoms with Crippen LogP contribution < -0.4 is 0 Å². The molecule has 0 fully saturated rings. The second-order valence-electron chi connectivity index (χ2n) is 3.91. The minimum atomic E-state index is 0.574. The Bertz CT molecular complexity index is 387. The first-order valence-electron chi connectivity index (χ1n) is 5.43. The van der Waals surface area contributed by atoms with Crippen molar-refractivity contribution >= 4 is 17.2 Å². The number of benzene rings is 1. The van der Waals surface area contributed by atoms with E-state index in [1.54, 1.807) is 0 Å². The third kappa shape index (κ3) is 2.32. The molecule has 15 heavy (non-hydrogen) atoms. The third-order valence-electron chi connectivity index (χ3n) is 2.92. The quantitative estimate of drug-likeness (QED) is 0.680. The molecule has 0 N–H and O–H groups in total. The molecule has 1 aromatic rings. The standard InChI is InChI=1S/C14H15Cl/c1-2-11-10-13(15)8-9-14(11)12-6-4-3-5-7-12/h3-9,11H,2,10H2,1H3. The Morgan fingerprint density at radius 1 is 1.20 bits per heavy atom. The molecular formula is C14H15Cl. The summed E-state index contributed by atoms with van der Waals surface area (Å²) in [7, 11) is 0. The monoisotopic (exact) mass is 218 g/mol. The van der Waals surface area contributed by atoms with E-state index < -0.39 is 0 Å². The van der Waals surface area contributed by atoms with Crippen molar-refractivity contribution in [1.82, 2.24) is 0 Å². The molecule has 1 atom stereocenters. The molecule has 1 heteroatoms. The fourth-order valence-electron chi connectivity index (χ4n) is 2.06. The molecule has 78 valence electrons. The van der Waals surface area contributed by atoms with E-state index in [1.807, 2.05) is 6.08 Å². The van der Waals surface area contributed by atoms with Crippen LogP contribution in [0.25, 0.3) is 5.57 Å². The second-order valence-corrected chi connectivity index (χ2v) is 4.40. The maximum absolute atomic E-state index is 6.06. The molecule has 0 aromatic heterocycles. The highest BCUT2D eigenvalue weighted by molar-refractivity contribution is 6.30. The summed E-state index contributed by atoms with van der Waals surface area (Å²) in [6.45, 7) is 2.22. The first-order chi connectivity index (χ1) is 7.31. The van der Waals surface area contributed by atoms with Gasteiger partial charge in [-0.05, 0) is 36.0 Å². The van der Waals surface area contributed by atoms with Gasteiger partial charge < -0.3 is 0 Å². The van der Waals surface area contributed by atoms with Crippen molar-refractivity contribution in [3.63, 3.8) is 0 Å². The summed E-state index contributed by atoms with van der Waals surface area (Å²) in [4.78, 5) is 0. The lowest BCUT2D eigenvalue weighted by molar-refractivity contribution is 0.646. The van der Waals surface area contributed by atoms with Gasteiger partial charge in [-0.15, -0.1) is 0 Å². The van der Waals surface area contributed by atoms with Crippen LogP contribution in [0.3, 0.4) is 0 Å². The largest absolute Gasteiger partial charge is 0.0891 e. The van der Waals surface area contributed by atoms with Crippen molar-refractivity contribution < 1.29 is 0 Å². The lowest BCUT2D eigenvalue weighted by Crippen LogP contribution is -2.05. The maximum Gasteiger partial charge on any atom is 0.0187 e. The molecule has 0 saturated heterocycles. The van der Waals surface area contributed by atoms with Crippen LogP contribution in [0.2, 0.25) is 0 Å². The van der Waals surface area contributed by atoms with E-state index in [9.17, 15) is 0 Å². The molecule has 1 unspecified atom stereocenters. The number of halogens is 1. The molecule has 0 heterocycles. The van der Waals surface area contributed by atoms with Crippen molar-refractivity contribution in [3.05, 3.63) is 53.1 Å². The minimum absolute atomic E-state index is 0.574. The van der Waals surface area contributed by atoms with Crippen molar-refractivity contribution in [2.45, 2.75) is 19.8 Å². The molecule has 1 aliphatic rings. The molecule has 0 radical (unpaired) electrons. The van der Waals surface area contributed by atoms with Crippen LogP contribution in [-0.2, 0) is 0 Å². The molecule has 0 saturated carbocycles. The molecular weight excluding hydrogens is 204 g/mol. The van der Waals surface area contributed by atoms with E-state index in [0.717, 1.165) is 17.9 Å². The van der Waals surface area contributed by atoms with Crippen LogP contribution in [-0.4, -0.2) is 0 Å². The van der Waals surface area contributed by atoms with Crippen LogP contribution in [0.15, 0.2) is 47.5 Å². The molecule has 0 aliphatic heterocycles. The zero-order valence-electron chi connectivity index (χ0n) is 8.91. The molecule has 0 nitrogen and oxygen atoms in total. The zero-order valence-corrected chi connectivity index (χ0v) is 9.67. The number of hydrogen-bond acceptors (Lipinski definition) is 0. The van der Waals surface area contributed by atoms with E-state index in [4.69, 9.17) is 11.6 Å². The van der Waals surface area contributed by atoms with Gasteiger partial charge in [0.2, 0.25) is 0 Å². The number of hydrogen-bond donors (Lipinski definition) is 0. The highest BCUT2D eigenvalue weighted by Gasteiger charge is 2.17. The highest BCUT2D eigenvalue weighted by atomic mass is 35.5. The molecule has 0 amide bonds. The van der Waals surface area contributed by atoms with E-state index in [1.165, 1.54) is 11.1 Å². The fraction of sp³-hybridized carbons (Fsp3) is 0.286. The lowest BCUT2D eigenvalue weighted by Gasteiger charge is -2.22. The minimum Gasteiger partial charge on any atom is -0.0891 e. The van der Waals surface area contributed by atoms with Gasteiger partial charge in [0.15, 0.2) is 0 Å². The summed E-state index contributed by atoms with van der Waals surface area (Å²) in [5.41, 5.74) is 2.74. The summed E-state index contributed by atoms with van der Waals surface area (Å²) < 4.78 is 0. The molecule has 0 spiro atoms. The first-order valence-corrected chi connectivity index (χ1v) is 5.80. The van der Waals surface area contributed by atoms with Crippen molar-refractivity contribution in [1.29, 1.82) is 0 Å². The van der Waals surface area contributed by atoms with Gasteiger partial charge in [0.1, 0.15) is 0 Å². The smallest absolute Gasteiger partial charge is 0.0187 e. The summed E-state index contributed by atoms with van der Waals surface area (Å²) >= 11 is 6.06. The van der Waals surface area contributed by atoms with Gasteiger partial charge in [0.05, 0.1) is 0 Å². The van der Waals surface area contributed by atoms with Gasteiger partial charge in [0, 0.05) is 5.03 Å². The van der Waals surface area contributed by atoms with Crippen molar-refractivity contribution in [2.24, 2.45) is 5.92 Å². The maximum atomic E-state index is 6.06. The van der Waals surface area contributed by atoms with Gasteiger partial charge in [-0.3, -0.25) is 0 Å². The van der Waals surface area contributed by atoms with Gasteiger partial charge in [-0.25, -0.2) is 0 Å². The Morgan fingerprint density at radius 2 is 1.93 bits per heavy atom. The van der Waals surface area contributed by atoms with Gasteiger partial charge >= 0.3 is 0 Å². The SMILES string of the molecule is CCC1CC(Cl)=CC=C1c1ccccc1. The van der Waals surface area contributed by atoms with Crippen LogP contribution in [0.1, 0.15) is 25.3 Å². The van der Waals surface area contributed by atoms with E-state index in [-0.39, 0.29) is 0 Å². The second kappa shape index (κ2) is 4.67. The van der Waals surface area contributed by atoms with E-state index in [0.29, 0.717) is 5.92 Å². The Morgan fingerprint density at radius 3 is 2.60 bits per heavy atom. The van der Waals surface area contributed by atoms with E-state index >= 15 is 0 Å². The summed E-state index contributed by atoms with van der Waals surface area (Å²) in [6, 6.07) is 10.6.